The van der Waals surface area contributed by atoms with Crippen molar-refractivity contribution >= 4 is 11.8 Å². The van der Waals surface area contributed by atoms with Crippen LogP contribution in [-0.4, -0.2) is 38.3 Å². The molecule has 0 bridgehead atoms. The van der Waals surface area contributed by atoms with Crippen molar-refractivity contribution in [2.45, 2.75) is 11.3 Å². The molecule has 0 radical (unpaired) electrons. The van der Waals surface area contributed by atoms with E-state index in [0.29, 0.717) is 16.7 Å². The van der Waals surface area contributed by atoms with Gasteiger partial charge in [-0.2, -0.15) is 0 Å². The van der Waals surface area contributed by atoms with Gasteiger partial charge in [-0.15, -0.1) is 10.2 Å². The molecule has 0 fully saturated rings. The van der Waals surface area contributed by atoms with Crippen LogP contribution in [0.4, 0.5) is 4.39 Å². The summed E-state index contributed by atoms with van der Waals surface area (Å²) >= 11 is 1.39. The zero-order chi connectivity index (χ0) is 16.8. The molecule has 7 heteroatoms. The SMILES string of the molecule is OC(COc1ccc(F)cc1)CSc1nncn1-c1ccccc1. The Morgan fingerprint density at radius 1 is 1.12 bits per heavy atom. The van der Waals surface area contributed by atoms with Gasteiger partial charge in [-0.3, -0.25) is 4.57 Å². The van der Waals surface area contributed by atoms with E-state index in [1.807, 2.05) is 34.9 Å². The van der Waals surface area contributed by atoms with Crippen LogP contribution in [0.2, 0.25) is 0 Å². The Kier molecular flexibility index (Phi) is 5.45. The van der Waals surface area contributed by atoms with Crippen molar-refractivity contribution in [1.29, 1.82) is 0 Å². The Morgan fingerprint density at radius 2 is 1.88 bits per heavy atom. The number of aliphatic hydroxyl groups is 1. The molecule has 1 aromatic heterocycles. The highest BCUT2D eigenvalue weighted by Gasteiger charge is 2.11. The highest BCUT2D eigenvalue weighted by Crippen LogP contribution is 2.20. The minimum absolute atomic E-state index is 0.123. The summed E-state index contributed by atoms with van der Waals surface area (Å²) in [4.78, 5) is 0. The van der Waals surface area contributed by atoms with E-state index in [9.17, 15) is 9.50 Å². The maximum Gasteiger partial charge on any atom is 0.195 e. The Bertz CT molecular complexity index is 765. The van der Waals surface area contributed by atoms with Gasteiger partial charge in [0, 0.05) is 11.4 Å². The van der Waals surface area contributed by atoms with Gasteiger partial charge in [0.05, 0.1) is 6.10 Å². The summed E-state index contributed by atoms with van der Waals surface area (Å²) < 4.78 is 20.1. The molecule has 124 valence electrons. The Labute approximate surface area is 143 Å². The monoisotopic (exact) mass is 345 g/mol. The Hall–Kier alpha value is -2.38. The van der Waals surface area contributed by atoms with E-state index < -0.39 is 6.10 Å². The minimum atomic E-state index is -0.680. The van der Waals surface area contributed by atoms with Crippen LogP contribution in [0.15, 0.2) is 66.1 Å². The number of ether oxygens (including phenoxy) is 1. The van der Waals surface area contributed by atoms with Crippen LogP contribution >= 0.6 is 11.8 Å². The second kappa shape index (κ2) is 7.94. The van der Waals surface area contributed by atoms with Crippen LogP contribution in [0.5, 0.6) is 5.75 Å². The Balaban J connectivity index is 1.53. The smallest absolute Gasteiger partial charge is 0.195 e. The van der Waals surface area contributed by atoms with Gasteiger partial charge in [0.1, 0.15) is 24.5 Å². The van der Waals surface area contributed by atoms with E-state index >= 15 is 0 Å². The van der Waals surface area contributed by atoms with Gasteiger partial charge in [0.25, 0.3) is 0 Å². The van der Waals surface area contributed by atoms with Gasteiger partial charge < -0.3 is 9.84 Å². The highest BCUT2D eigenvalue weighted by molar-refractivity contribution is 7.99. The third-order valence-electron chi connectivity index (χ3n) is 3.21. The number of hydrogen-bond donors (Lipinski definition) is 1. The van der Waals surface area contributed by atoms with Gasteiger partial charge in [-0.1, -0.05) is 30.0 Å². The first-order valence-corrected chi connectivity index (χ1v) is 8.35. The molecule has 0 aliphatic carbocycles. The molecule has 1 N–H and O–H groups in total. The number of para-hydroxylation sites is 1. The topological polar surface area (TPSA) is 60.2 Å². The first-order valence-electron chi connectivity index (χ1n) is 7.37. The summed E-state index contributed by atoms with van der Waals surface area (Å²) in [6.07, 6.45) is 0.958. The van der Waals surface area contributed by atoms with E-state index in [2.05, 4.69) is 10.2 Å². The molecule has 0 spiro atoms. The normalized spacial score (nSPS) is 12.1. The number of halogens is 1. The molecular weight excluding hydrogens is 329 g/mol. The number of rotatable bonds is 7. The van der Waals surface area contributed by atoms with Crippen molar-refractivity contribution in [3.05, 3.63) is 66.7 Å². The fourth-order valence-corrected chi connectivity index (χ4v) is 2.86. The molecular formula is C17H16FN3O2S. The standard InChI is InChI=1S/C17H16FN3O2S/c18-13-6-8-16(9-7-13)23-10-15(22)11-24-17-20-19-12-21(17)14-4-2-1-3-5-14/h1-9,12,15,22H,10-11H2. The molecule has 5 nitrogen and oxygen atoms in total. The molecule has 3 rings (SSSR count). The second-order valence-electron chi connectivity index (χ2n) is 5.05. The molecule has 1 unspecified atom stereocenters. The van der Waals surface area contributed by atoms with Gasteiger partial charge >= 0.3 is 0 Å². The number of aromatic nitrogens is 3. The number of thioether (sulfide) groups is 1. The van der Waals surface area contributed by atoms with Crippen molar-refractivity contribution in [3.8, 4) is 11.4 Å². The van der Waals surface area contributed by atoms with E-state index in [1.54, 1.807) is 6.33 Å². The van der Waals surface area contributed by atoms with Gasteiger partial charge in [0.2, 0.25) is 0 Å². The van der Waals surface area contributed by atoms with E-state index in [1.165, 1.54) is 36.0 Å². The molecule has 0 saturated carbocycles. The summed E-state index contributed by atoms with van der Waals surface area (Å²) in [5, 5.41) is 18.7. The van der Waals surface area contributed by atoms with Crippen LogP contribution in [0.1, 0.15) is 0 Å². The summed E-state index contributed by atoms with van der Waals surface area (Å²) in [7, 11) is 0. The lowest BCUT2D eigenvalue weighted by Gasteiger charge is -2.12. The van der Waals surface area contributed by atoms with Crippen LogP contribution in [0, 0.1) is 5.82 Å². The molecule has 0 saturated heterocycles. The van der Waals surface area contributed by atoms with E-state index in [4.69, 9.17) is 4.74 Å². The Morgan fingerprint density at radius 3 is 2.62 bits per heavy atom. The first-order chi connectivity index (χ1) is 11.7. The predicted octanol–water partition coefficient (Wildman–Crippen LogP) is 2.94. The molecule has 2 aromatic carbocycles. The summed E-state index contributed by atoms with van der Waals surface area (Å²) in [5.74, 6) is 0.610. The molecule has 0 amide bonds. The van der Waals surface area contributed by atoms with Crippen LogP contribution in [0.25, 0.3) is 5.69 Å². The fourth-order valence-electron chi connectivity index (χ4n) is 2.03. The average molecular weight is 345 g/mol. The number of nitrogens with zero attached hydrogens (tertiary/aromatic N) is 3. The van der Waals surface area contributed by atoms with Crippen molar-refractivity contribution in [3.63, 3.8) is 0 Å². The summed E-state index contributed by atoms with van der Waals surface area (Å²) in [6.45, 7) is 0.123. The maximum atomic E-state index is 12.8. The minimum Gasteiger partial charge on any atom is -0.491 e. The third kappa shape index (κ3) is 4.33. The van der Waals surface area contributed by atoms with Crippen molar-refractivity contribution in [2.24, 2.45) is 0 Å². The van der Waals surface area contributed by atoms with Crippen LogP contribution in [0.3, 0.4) is 0 Å². The largest absolute Gasteiger partial charge is 0.491 e. The lowest BCUT2D eigenvalue weighted by atomic mass is 10.3. The zero-order valence-electron chi connectivity index (χ0n) is 12.7. The lowest BCUT2D eigenvalue weighted by Crippen LogP contribution is -2.20. The number of benzene rings is 2. The van der Waals surface area contributed by atoms with Gasteiger partial charge in [0.15, 0.2) is 5.16 Å². The third-order valence-corrected chi connectivity index (χ3v) is 4.30. The molecule has 1 atom stereocenters. The summed E-state index contributed by atoms with van der Waals surface area (Å²) in [5.41, 5.74) is 0.960. The first kappa shape index (κ1) is 16.5. The zero-order valence-corrected chi connectivity index (χ0v) is 13.6. The maximum absolute atomic E-state index is 12.8. The van der Waals surface area contributed by atoms with Crippen LogP contribution in [-0.2, 0) is 0 Å². The molecule has 0 aliphatic heterocycles. The average Bonchev–Trinajstić information content (AvgIpc) is 3.09. The predicted molar refractivity (Wildman–Crippen MR) is 90.0 cm³/mol. The second-order valence-corrected chi connectivity index (χ2v) is 6.04. The van der Waals surface area contributed by atoms with E-state index in [0.717, 1.165) is 5.69 Å². The number of hydrogen-bond acceptors (Lipinski definition) is 5. The molecule has 24 heavy (non-hydrogen) atoms. The molecule has 1 heterocycles. The fraction of sp³-hybridized carbons (Fsp3) is 0.176. The quantitative estimate of drug-likeness (QED) is 0.667. The molecule has 0 aliphatic rings. The van der Waals surface area contributed by atoms with Crippen molar-refractivity contribution in [1.82, 2.24) is 14.8 Å². The van der Waals surface area contributed by atoms with Gasteiger partial charge in [-0.05, 0) is 36.4 Å². The highest BCUT2D eigenvalue weighted by atomic mass is 32.2. The van der Waals surface area contributed by atoms with Crippen molar-refractivity contribution < 1.29 is 14.2 Å². The van der Waals surface area contributed by atoms with Crippen LogP contribution < -0.4 is 4.74 Å². The number of aliphatic hydroxyl groups excluding tert-OH is 1. The van der Waals surface area contributed by atoms with Crippen molar-refractivity contribution in [2.75, 3.05) is 12.4 Å². The lowest BCUT2D eigenvalue weighted by molar-refractivity contribution is 0.126. The summed E-state index contributed by atoms with van der Waals surface area (Å²) in [6, 6.07) is 15.4. The van der Waals surface area contributed by atoms with E-state index in [-0.39, 0.29) is 12.4 Å². The molecule has 3 aromatic rings. The van der Waals surface area contributed by atoms with Gasteiger partial charge in [-0.25, -0.2) is 4.39 Å².